The van der Waals surface area contributed by atoms with E-state index in [9.17, 15) is 13.2 Å². The molecule has 1 aromatic rings. The first kappa shape index (κ1) is 20.9. The first-order valence-electron chi connectivity index (χ1n) is 9.89. The molecule has 1 amide bonds. The van der Waals surface area contributed by atoms with Crippen LogP contribution in [-0.4, -0.2) is 77.6 Å². The maximum atomic E-state index is 12.9. The predicted molar refractivity (Wildman–Crippen MR) is 107 cm³/mol. The molecule has 1 unspecified atom stereocenters. The number of amides is 1. The third kappa shape index (κ3) is 3.85. The Morgan fingerprint density at radius 3 is 2.54 bits per heavy atom. The molecule has 156 valence electrons. The molecule has 10 heteroatoms. The minimum absolute atomic E-state index is 0.0755. The molecule has 0 radical (unpaired) electrons. The van der Waals surface area contributed by atoms with E-state index in [1.165, 1.54) is 8.61 Å². The number of hydrogen-bond acceptors (Lipinski definition) is 6. The SMILES string of the molecule is CCN(CC)S(=O)(=O)N1CCc2nc(C3CCN(C(C)=O)C3)nc(NC)c2C1. The molecule has 0 bridgehead atoms. The summed E-state index contributed by atoms with van der Waals surface area (Å²) in [6.07, 6.45) is 1.41. The molecule has 0 aliphatic carbocycles. The van der Waals surface area contributed by atoms with Crippen molar-refractivity contribution in [1.82, 2.24) is 23.5 Å². The maximum Gasteiger partial charge on any atom is 0.282 e. The molecular weight excluding hydrogens is 380 g/mol. The van der Waals surface area contributed by atoms with Crippen molar-refractivity contribution in [2.75, 3.05) is 45.1 Å². The zero-order valence-electron chi connectivity index (χ0n) is 17.1. The molecule has 0 saturated carbocycles. The van der Waals surface area contributed by atoms with Gasteiger partial charge in [0.15, 0.2) is 0 Å². The first-order chi connectivity index (χ1) is 13.3. The molecule has 28 heavy (non-hydrogen) atoms. The highest BCUT2D eigenvalue weighted by molar-refractivity contribution is 7.86. The van der Waals surface area contributed by atoms with Crippen LogP contribution in [0, 0.1) is 0 Å². The monoisotopic (exact) mass is 410 g/mol. The lowest BCUT2D eigenvalue weighted by molar-refractivity contribution is -0.127. The van der Waals surface area contributed by atoms with Crippen molar-refractivity contribution in [2.24, 2.45) is 0 Å². The lowest BCUT2D eigenvalue weighted by Gasteiger charge is -2.32. The highest BCUT2D eigenvalue weighted by Gasteiger charge is 2.34. The molecule has 0 aromatic carbocycles. The molecular formula is C18H30N6O3S. The Bertz CT molecular complexity index is 823. The van der Waals surface area contributed by atoms with Gasteiger partial charge in [-0.25, -0.2) is 9.97 Å². The summed E-state index contributed by atoms with van der Waals surface area (Å²) in [5, 5.41) is 3.12. The van der Waals surface area contributed by atoms with Crippen molar-refractivity contribution in [3.8, 4) is 0 Å². The number of fused-ring (bicyclic) bond motifs is 1. The van der Waals surface area contributed by atoms with Crippen molar-refractivity contribution < 1.29 is 13.2 Å². The fourth-order valence-corrected chi connectivity index (χ4v) is 5.56. The third-order valence-electron chi connectivity index (χ3n) is 5.64. The van der Waals surface area contributed by atoms with Crippen molar-refractivity contribution in [3.63, 3.8) is 0 Å². The van der Waals surface area contributed by atoms with Crippen LogP contribution in [-0.2, 0) is 28.0 Å². The Hall–Kier alpha value is -1.78. The molecule has 0 spiro atoms. The van der Waals surface area contributed by atoms with Crippen LogP contribution in [0.5, 0.6) is 0 Å². The van der Waals surface area contributed by atoms with Crippen LogP contribution in [0.3, 0.4) is 0 Å². The number of nitrogens with zero attached hydrogens (tertiary/aromatic N) is 5. The van der Waals surface area contributed by atoms with Gasteiger partial charge in [0.25, 0.3) is 10.2 Å². The summed E-state index contributed by atoms with van der Waals surface area (Å²) in [6, 6.07) is 0. The first-order valence-corrected chi connectivity index (χ1v) is 11.3. The fourth-order valence-electron chi connectivity index (χ4n) is 3.96. The number of nitrogens with one attached hydrogen (secondary N) is 1. The van der Waals surface area contributed by atoms with Gasteiger partial charge in [0.05, 0.1) is 5.69 Å². The second kappa shape index (κ2) is 8.30. The van der Waals surface area contributed by atoms with Gasteiger partial charge in [-0.15, -0.1) is 0 Å². The van der Waals surface area contributed by atoms with Crippen LogP contribution in [0.1, 0.15) is 50.2 Å². The lowest BCUT2D eigenvalue weighted by Crippen LogP contribution is -2.46. The molecule has 1 atom stereocenters. The summed E-state index contributed by atoms with van der Waals surface area (Å²) in [5.41, 5.74) is 1.75. The van der Waals surface area contributed by atoms with Gasteiger partial charge in [0, 0.05) is 71.1 Å². The van der Waals surface area contributed by atoms with E-state index in [0.717, 1.165) is 30.0 Å². The summed E-state index contributed by atoms with van der Waals surface area (Å²) < 4.78 is 28.8. The molecule has 1 N–H and O–H groups in total. The largest absolute Gasteiger partial charge is 0.373 e. The summed E-state index contributed by atoms with van der Waals surface area (Å²) >= 11 is 0. The number of carbonyl (C=O) groups is 1. The molecule has 1 aromatic heterocycles. The predicted octanol–water partition coefficient (Wildman–Crippen LogP) is 0.799. The van der Waals surface area contributed by atoms with E-state index in [-0.39, 0.29) is 18.4 Å². The fraction of sp³-hybridized carbons (Fsp3) is 0.722. The molecule has 2 aliphatic rings. The molecule has 1 fully saturated rings. The Labute approximate surface area is 167 Å². The number of aromatic nitrogens is 2. The number of anilines is 1. The van der Waals surface area contributed by atoms with Gasteiger partial charge in [-0.2, -0.15) is 17.0 Å². The van der Waals surface area contributed by atoms with Crippen LogP contribution in [0.2, 0.25) is 0 Å². The highest BCUT2D eigenvalue weighted by Crippen LogP contribution is 2.31. The highest BCUT2D eigenvalue weighted by atomic mass is 32.2. The quantitative estimate of drug-likeness (QED) is 0.745. The van der Waals surface area contributed by atoms with E-state index in [1.807, 2.05) is 18.7 Å². The van der Waals surface area contributed by atoms with Gasteiger partial charge in [0.2, 0.25) is 5.91 Å². The van der Waals surface area contributed by atoms with Crippen LogP contribution in [0.15, 0.2) is 0 Å². The average Bonchev–Trinajstić information content (AvgIpc) is 3.18. The third-order valence-corrected chi connectivity index (χ3v) is 7.77. The van der Waals surface area contributed by atoms with E-state index in [2.05, 4.69) is 10.3 Å². The van der Waals surface area contributed by atoms with Gasteiger partial charge in [-0.3, -0.25) is 4.79 Å². The summed E-state index contributed by atoms with van der Waals surface area (Å²) in [5.74, 6) is 1.62. The Morgan fingerprint density at radius 2 is 1.96 bits per heavy atom. The zero-order chi connectivity index (χ0) is 20.5. The lowest BCUT2D eigenvalue weighted by atomic mass is 10.0. The molecule has 9 nitrogen and oxygen atoms in total. The normalized spacial score (nSPS) is 20.5. The summed E-state index contributed by atoms with van der Waals surface area (Å²) in [7, 11) is -1.70. The number of likely N-dealkylation sites (tertiary alicyclic amines) is 1. The van der Waals surface area contributed by atoms with E-state index >= 15 is 0 Å². The van der Waals surface area contributed by atoms with Crippen LogP contribution in [0.4, 0.5) is 5.82 Å². The van der Waals surface area contributed by atoms with E-state index < -0.39 is 10.2 Å². The smallest absolute Gasteiger partial charge is 0.282 e. The van der Waals surface area contributed by atoms with Crippen LogP contribution < -0.4 is 5.32 Å². The van der Waals surface area contributed by atoms with Gasteiger partial charge in [-0.1, -0.05) is 13.8 Å². The van der Waals surface area contributed by atoms with Gasteiger partial charge < -0.3 is 10.2 Å². The molecule has 2 aliphatic heterocycles. The van der Waals surface area contributed by atoms with Gasteiger partial charge in [0.1, 0.15) is 11.6 Å². The van der Waals surface area contributed by atoms with Crippen molar-refractivity contribution in [2.45, 2.75) is 46.1 Å². The van der Waals surface area contributed by atoms with E-state index in [4.69, 9.17) is 4.98 Å². The van der Waals surface area contributed by atoms with Gasteiger partial charge >= 0.3 is 0 Å². The number of hydrogen-bond donors (Lipinski definition) is 1. The minimum Gasteiger partial charge on any atom is -0.373 e. The Kier molecular flexibility index (Phi) is 6.21. The van der Waals surface area contributed by atoms with Crippen LogP contribution in [0.25, 0.3) is 0 Å². The Morgan fingerprint density at radius 1 is 1.25 bits per heavy atom. The topological polar surface area (TPSA) is 98.7 Å². The molecule has 1 saturated heterocycles. The molecule has 3 heterocycles. The standard InChI is InChI=1S/C18H30N6O3S/c1-5-23(6-2)28(26,27)24-10-8-16-15(12-24)18(19-4)21-17(20-16)14-7-9-22(11-14)13(3)25/h14H,5-12H2,1-4H3,(H,19,20,21). The van der Waals surface area contributed by atoms with Crippen LogP contribution >= 0.6 is 0 Å². The zero-order valence-corrected chi connectivity index (χ0v) is 17.9. The van der Waals surface area contributed by atoms with Crippen molar-refractivity contribution in [3.05, 3.63) is 17.1 Å². The number of rotatable bonds is 6. The van der Waals surface area contributed by atoms with E-state index in [0.29, 0.717) is 38.4 Å². The number of carbonyl (C=O) groups excluding carboxylic acids is 1. The average molecular weight is 411 g/mol. The van der Waals surface area contributed by atoms with Gasteiger partial charge in [-0.05, 0) is 6.42 Å². The van der Waals surface area contributed by atoms with Crippen molar-refractivity contribution >= 4 is 21.9 Å². The minimum atomic E-state index is -3.50. The second-order valence-corrected chi connectivity index (χ2v) is 9.16. The second-order valence-electron chi connectivity index (χ2n) is 7.23. The van der Waals surface area contributed by atoms with E-state index in [1.54, 1.807) is 14.0 Å². The summed E-state index contributed by atoms with van der Waals surface area (Å²) in [6.45, 7) is 8.23. The summed E-state index contributed by atoms with van der Waals surface area (Å²) in [4.78, 5) is 22.9. The Balaban J connectivity index is 1.87. The molecule has 3 rings (SSSR count). The maximum absolute atomic E-state index is 12.9. The van der Waals surface area contributed by atoms with Crippen molar-refractivity contribution in [1.29, 1.82) is 0 Å².